The predicted octanol–water partition coefficient (Wildman–Crippen LogP) is 2.82. The van der Waals surface area contributed by atoms with Gasteiger partial charge in [-0.3, -0.25) is 9.38 Å². The maximum Gasteiger partial charge on any atom is 0.169 e. The lowest BCUT2D eigenvalue weighted by molar-refractivity contribution is 1.11. The van der Waals surface area contributed by atoms with E-state index in [-0.39, 0.29) is 0 Å². The summed E-state index contributed by atoms with van der Waals surface area (Å²) in [6, 6.07) is 15.5. The van der Waals surface area contributed by atoms with E-state index in [0.29, 0.717) is 17.0 Å². The molecule has 98 valence electrons. The molecule has 3 aromatic heterocycles. The van der Waals surface area contributed by atoms with Crippen LogP contribution in [-0.4, -0.2) is 19.6 Å². The average Bonchev–Trinajstić information content (AvgIpc) is 2.97. The summed E-state index contributed by atoms with van der Waals surface area (Å²) >= 11 is 0. The van der Waals surface area contributed by atoms with Gasteiger partial charge in [-0.25, -0.2) is 0 Å². The highest BCUT2D eigenvalue weighted by atomic mass is 15.2. The minimum atomic E-state index is 0.571. The normalized spacial score (nSPS) is 10.8. The third-order valence-electron chi connectivity index (χ3n) is 3.42. The number of benzene rings is 1. The van der Waals surface area contributed by atoms with Crippen LogP contribution in [0.1, 0.15) is 5.56 Å². The molecule has 0 atom stereocenters. The minimum Gasteiger partial charge on any atom is -0.281 e. The van der Waals surface area contributed by atoms with E-state index in [4.69, 9.17) is 5.26 Å². The molecule has 0 aliphatic carbocycles. The van der Waals surface area contributed by atoms with Crippen molar-refractivity contribution in [2.75, 3.05) is 0 Å². The van der Waals surface area contributed by atoms with Gasteiger partial charge in [-0.05, 0) is 24.3 Å². The number of hydrogen-bond acceptors (Lipinski definition) is 4. The van der Waals surface area contributed by atoms with Gasteiger partial charge in [0.15, 0.2) is 11.5 Å². The number of hydrogen-bond donors (Lipinski definition) is 0. The molecular weight excluding hydrogens is 262 g/mol. The highest BCUT2D eigenvalue weighted by molar-refractivity contribution is 5.93. The van der Waals surface area contributed by atoms with Crippen molar-refractivity contribution in [3.05, 3.63) is 60.4 Å². The maximum atomic E-state index is 9.05. The summed E-state index contributed by atoms with van der Waals surface area (Å²) in [5.74, 6) is 0.709. The van der Waals surface area contributed by atoms with Crippen molar-refractivity contribution >= 4 is 16.6 Å². The van der Waals surface area contributed by atoms with Crippen molar-refractivity contribution in [1.29, 1.82) is 5.26 Å². The summed E-state index contributed by atoms with van der Waals surface area (Å²) in [6.07, 6.45) is 3.52. The molecule has 5 nitrogen and oxygen atoms in total. The molecule has 0 saturated heterocycles. The SMILES string of the molecule is N#Cc1ccc2nnc(-c3cccc4ncccc34)n2c1. The Hall–Kier alpha value is -3.26. The Morgan fingerprint density at radius 1 is 1.00 bits per heavy atom. The summed E-state index contributed by atoms with van der Waals surface area (Å²) < 4.78 is 1.83. The van der Waals surface area contributed by atoms with Crippen LogP contribution in [0.2, 0.25) is 0 Å². The summed E-state index contributed by atoms with van der Waals surface area (Å²) in [5, 5.41) is 18.5. The summed E-state index contributed by atoms with van der Waals surface area (Å²) in [5.41, 5.74) is 3.14. The van der Waals surface area contributed by atoms with Crippen LogP contribution in [-0.2, 0) is 0 Å². The summed E-state index contributed by atoms with van der Waals surface area (Å²) in [7, 11) is 0. The van der Waals surface area contributed by atoms with E-state index in [2.05, 4.69) is 21.3 Å². The first kappa shape index (κ1) is 11.6. The van der Waals surface area contributed by atoms with Gasteiger partial charge in [0.05, 0.1) is 11.1 Å². The third kappa shape index (κ3) is 1.74. The molecule has 21 heavy (non-hydrogen) atoms. The Bertz CT molecular complexity index is 1000. The van der Waals surface area contributed by atoms with Crippen molar-refractivity contribution in [3.8, 4) is 17.5 Å². The molecule has 0 aliphatic heterocycles. The fourth-order valence-electron chi connectivity index (χ4n) is 2.44. The fourth-order valence-corrected chi connectivity index (χ4v) is 2.44. The summed E-state index contributed by atoms with van der Waals surface area (Å²) in [6.45, 7) is 0. The molecule has 0 fully saturated rings. The molecule has 0 spiro atoms. The monoisotopic (exact) mass is 271 g/mol. The lowest BCUT2D eigenvalue weighted by atomic mass is 10.1. The van der Waals surface area contributed by atoms with E-state index in [9.17, 15) is 0 Å². The van der Waals surface area contributed by atoms with Crippen LogP contribution in [0.25, 0.3) is 27.9 Å². The second-order valence-electron chi connectivity index (χ2n) is 4.66. The van der Waals surface area contributed by atoms with Crippen LogP contribution >= 0.6 is 0 Å². The largest absolute Gasteiger partial charge is 0.281 e. The summed E-state index contributed by atoms with van der Waals surface area (Å²) in [4.78, 5) is 4.36. The van der Waals surface area contributed by atoms with Crippen LogP contribution in [0.3, 0.4) is 0 Å². The van der Waals surface area contributed by atoms with E-state index >= 15 is 0 Å². The van der Waals surface area contributed by atoms with E-state index in [1.165, 1.54) is 0 Å². The minimum absolute atomic E-state index is 0.571. The van der Waals surface area contributed by atoms with Crippen LogP contribution in [0.5, 0.6) is 0 Å². The van der Waals surface area contributed by atoms with Gasteiger partial charge in [-0.2, -0.15) is 5.26 Å². The Morgan fingerprint density at radius 2 is 1.95 bits per heavy atom. The number of pyridine rings is 2. The molecule has 0 radical (unpaired) electrons. The Balaban J connectivity index is 2.07. The van der Waals surface area contributed by atoms with Crippen molar-refractivity contribution in [2.24, 2.45) is 0 Å². The standard InChI is InChI=1S/C16H9N5/c17-9-11-6-7-15-19-20-16(21(15)10-11)13-3-1-5-14-12(13)4-2-8-18-14/h1-8,10H. The Labute approximate surface area is 120 Å². The van der Waals surface area contributed by atoms with Crippen molar-refractivity contribution in [2.45, 2.75) is 0 Å². The van der Waals surface area contributed by atoms with Gasteiger partial charge < -0.3 is 0 Å². The van der Waals surface area contributed by atoms with Gasteiger partial charge in [0, 0.05) is 23.3 Å². The van der Waals surface area contributed by atoms with Crippen molar-refractivity contribution in [1.82, 2.24) is 19.6 Å². The van der Waals surface area contributed by atoms with E-state index < -0.39 is 0 Å². The Kier molecular flexibility index (Phi) is 2.42. The molecule has 1 aromatic carbocycles. The van der Waals surface area contributed by atoms with Gasteiger partial charge in [0.25, 0.3) is 0 Å². The highest BCUT2D eigenvalue weighted by Gasteiger charge is 2.11. The molecule has 4 rings (SSSR count). The molecule has 0 unspecified atom stereocenters. The zero-order chi connectivity index (χ0) is 14.2. The quantitative estimate of drug-likeness (QED) is 0.534. The van der Waals surface area contributed by atoms with Crippen LogP contribution in [0.4, 0.5) is 0 Å². The first-order valence-corrected chi connectivity index (χ1v) is 6.46. The smallest absolute Gasteiger partial charge is 0.169 e. The molecule has 5 heteroatoms. The average molecular weight is 271 g/mol. The maximum absolute atomic E-state index is 9.05. The van der Waals surface area contributed by atoms with E-state index in [1.54, 1.807) is 24.5 Å². The molecule has 0 aliphatic rings. The van der Waals surface area contributed by atoms with Crippen molar-refractivity contribution < 1.29 is 0 Å². The molecule has 4 aromatic rings. The predicted molar refractivity (Wildman–Crippen MR) is 78.4 cm³/mol. The first-order valence-electron chi connectivity index (χ1n) is 6.46. The molecule has 0 N–H and O–H groups in total. The van der Waals surface area contributed by atoms with Crippen LogP contribution in [0.15, 0.2) is 54.9 Å². The lowest BCUT2D eigenvalue weighted by Gasteiger charge is -2.04. The number of aromatic nitrogens is 4. The number of fused-ring (bicyclic) bond motifs is 2. The van der Waals surface area contributed by atoms with Crippen LogP contribution < -0.4 is 0 Å². The number of nitrogens with zero attached hydrogens (tertiary/aromatic N) is 5. The van der Waals surface area contributed by atoms with Gasteiger partial charge in [-0.15, -0.1) is 10.2 Å². The van der Waals surface area contributed by atoms with Gasteiger partial charge in [0.2, 0.25) is 0 Å². The topological polar surface area (TPSA) is 66.9 Å². The highest BCUT2D eigenvalue weighted by Crippen LogP contribution is 2.26. The second kappa shape index (κ2) is 4.39. The van der Waals surface area contributed by atoms with Gasteiger partial charge >= 0.3 is 0 Å². The van der Waals surface area contributed by atoms with E-state index in [1.807, 2.05) is 34.7 Å². The zero-order valence-corrected chi connectivity index (χ0v) is 10.9. The van der Waals surface area contributed by atoms with Crippen molar-refractivity contribution in [3.63, 3.8) is 0 Å². The fraction of sp³-hybridized carbons (Fsp3) is 0. The molecule has 0 bridgehead atoms. The molecule has 0 amide bonds. The van der Waals surface area contributed by atoms with Gasteiger partial charge in [0.1, 0.15) is 6.07 Å². The van der Waals surface area contributed by atoms with E-state index in [0.717, 1.165) is 16.5 Å². The van der Waals surface area contributed by atoms with Gasteiger partial charge in [-0.1, -0.05) is 18.2 Å². The molecule has 0 saturated carbocycles. The lowest BCUT2D eigenvalue weighted by Crippen LogP contribution is -1.92. The third-order valence-corrected chi connectivity index (χ3v) is 3.42. The molecule has 3 heterocycles. The zero-order valence-electron chi connectivity index (χ0n) is 10.9. The van der Waals surface area contributed by atoms with Crippen LogP contribution in [0, 0.1) is 11.3 Å². The number of nitriles is 1. The first-order chi connectivity index (χ1) is 10.4. The molecular formula is C16H9N5. The number of rotatable bonds is 1. The second-order valence-corrected chi connectivity index (χ2v) is 4.66. The Morgan fingerprint density at radius 3 is 2.86 bits per heavy atom.